The van der Waals surface area contributed by atoms with Crippen LogP contribution in [0.5, 0.6) is 5.19 Å². The Bertz CT molecular complexity index is 1600. The number of aryl methyl sites for hydroxylation is 1. The molecule has 1 fully saturated rings. The Labute approximate surface area is 234 Å². The molecule has 0 radical (unpaired) electrons. The fraction of sp³-hybridized carbons (Fsp3) is 0.444. The summed E-state index contributed by atoms with van der Waals surface area (Å²) in [5.74, 6) is -1.02. The van der Waals surface area contributed by atoms with Gasteiger partial charge in [-0.1, -0.05) is 11.3 Å². The molecule has 2 aromatic carbocycles. The molecule has 40 heavy (non-hydrogen) atoms. The van der Waals surface area contributed by atoms with E-state index in [9.17, 15) is 14.0 Å². The molecule has 13 heteroatoms. The van der Waals surface area contributed by atoms with Gasteiger partial charge in [-0.05, 0) is 58.9 Å². The lowest BCUT2D eigenvalue weighted by Gasteiger charge is -2.45. The summed E-state index contributed by atoms with van der Waals surface area (Å²) in [7, 11) is 3.13. The first kappa shape index (κ1) is 27.6. The lowest BCUT2D eigenvalue weighted by molar-refractivity contribution is 0.00567. The predicted octanol–water partition coefficient (Wildman–Crippen LogP) is 4.81. The number of ether oxygens (including phenoxy) is 2. The van der Waals surface area contributed by atoms with Crippen molar-refractivity contribution in [2.24, 2.45) is 7.05 Å². The first-order chi connectivity index (χ1) is 18.8. The quantitative estimate of drug-likeness (QED) is 0.372. The van der Waals surface area contributed by atoms with Gasteiger partial charge in [-0.25, -0.2) is 14.2 Å². The maximum Gasteiger partial charge on any atom is 0.410 e. The number of hydrogen-bond acceptors (Lipinski definition) is 9. The highest BCUT2D eigenvalue weighted by Crippen LogP contribution is 2.39. The van der Waals surface area contributed by atoms with E-state index in [1.165, 1.54) is 29.3 Å². The second-order valence-corrected chi connectivity index (χ2v) is 11.9. The SMILES string of the molecule is COc1nc2c(C(=O)Nc3cc(F)c4nn(C)nc4c3)ccc(N3C[C@H](C)N(C(=O)OC(C)(C)C)[C@@H](C)C3)c2s1. The molecular formula is C27H32FN7O4S. The van der Waals surface area contributed by atoms with Gasteiger partial charge in [0.2, 0.25) is 0 Å². The van der Waals surface area contributed by atoms with Crippen LogP contribution in [-0.4, -0.2) is 74.8 Å². The van der Waals surface area contributed by atoms with E-state index < -0.39 is 17.3 Å². The summed E-state index contributed by atoms with van der Waals surface area (Å²) in [5, 5.41) is 11.3. The van der Waals surface area contributed by atoms with Crippen molar-refractivity contribution in [1.82, 2.24) is 24.9 Å². The number of carbonyl (C=O) groups excluding carboxylic acids is 2. The van der Waals surface area contributed by atoms with Crippen LogP contribution < -0.4 is 15.0 Å². The van der Waals surface area contributed by atoms with E-state index in [4.69, 9.17) is 9.47 Å². The molecule has 0 bridgehead atoms. The van der Waals surface area contributed by atoms with E-state index >= 15 is 0 Å². The van der Waals surface area contributed by atoms with Crippen molar-refractivity contribution in [1.29, 1.82) is 0 Å². The van der Waals surface area contributed by atoms with E-state index in [1.807, 2.05) is 40.7 Å². The van der Waals surface area contributed by atoms with Gasteiger partial charge in [-0.15, -0.1) is 0 Å². The number of aromatic nitrogens is 4. The molecule has 5 rings (SSSR count). The van der Waals surface area contributed by atoms with Gasteiger partial charge < -0.3 is 19.7 Å². The zero-order chi connectivity index (χ0) is 28.9. The van der Waals surface area contributed by atoms with Crippen molar-refractivity contribution in [3.05, 3.63) is 35.6 Å². The van der Waals surface area contributed by atoms with Crippen molar-refractivity contribution in [3.8, 4) is 5.19 Å². The monoisotopic (exact) mass is 569 g/mol. The number of fused-ring (bicyclic) bond motifs is 2. The number of halogens is 1. The summed E-state index contributed by atoms with van der Waals surface area (Å²) in [4.78, 5) is 36.1. The van der Waals surface area contributed by atoms with Gasteiger partial charge in [0.15, 0.2) is 5.82 Å². The molecule has 0 aliphatic carbocycles. The van der Waals surface area contributed by atoms with Gasteiger partial charge >= 0.3 is 6.09 Å². The molecule has 3 heterocycles. The van der Waals surface area contributed by atoms with Crippen LogP contribution in [0.25, 0.3) is 21.3 Å². The Morgan fingerprint density at radius 2 is 1.80 bits per heavy atom. The standard InChI is InChI=1S/C27H32FN7O4S/c1-14-12-34(13-15(2)35(14)26(37)39-27(3,4)5)20-9-8-17(21-23(20)40-25(30-21)38-7)24(36)29-16-10-18(28)22-19(11-16)31-33(6)32-22/h8-11,14-15H,12-13H2,1-7H3,(H,29,36)/t14-,15-/m0/s1. The highest BCUT2D eigenvalue weighted by Gasteiger charge is 2.36. The molecule has 2 amide bonds. The van der Waals surface area contributed by atoms with Gasteiger partial charge in [0, 0.05) is 25.8 Å². The number of amides is 2. The zero-order valence-corrected chi connectivity index (χ0v) is 24.3. The smallest absolute Gasteiger partial charge is 0.410 e. The summed E-state index contributed by atoms with van der Waals surface area (Å²) in [6.07, 6.45) is -0.333. The molecule has 11 nitrogen and oxygen atoms in total. The fourth-order valence-corrected chi connectivity index (χ4v) is 5.99. The molecule has 0 saturated carbocycles. The number of carbonyl (C=O) groups is 2. The largest absolute Gasteiger partial charge is 0.473 e. The number of rotatable bonds is 4. The fourth-order valence-electron chi connectivity index (χ4n) is 5.04. The average Bonchev–Trinajstić information content (AvgIpc) is 3.45. The van der Waals surface area contributed by atoms with Crippen molar-refractivity contribution in [2.45, 2.75) is 52.3 Å². The molecule has 2 aromatic heterocycles. The number of nitrogens with one attached hydrogen (secondary N) is 1. The summed E-state index contributed by atoms with van der Waals surface area (Å²) in [5.41, 5.74) is 1.84. The second-order valence-electron chi connectivity index (χ2n) is 11.0. The maximum atomic E-state index is 14.6. The van der Waals surface area contributed by atoms with Crippen LogP contribution in [-0.2, 0) is 11.8 Å². The summed E-state index contributed by atoms with van der Waals surface area (Å²) >= 11 is 1.34. The highest BCUT2D eigenvalue weighted by atomic mass is 32.1. The summed E-state index contributed by atoms with van der Waals surface area (Å²) in [6, 6.07) is 6.15. The number of anilines is 2. The molecule has 0 unspecified atom stereocenters. The number of hydrogen-bond donors (Lipinski definition) is 1. The number of benzene rings is 2. The van der Waals surface area contributed by atoms with Crippen LogP contribution in [0.4, 0.5) is 20.6 Å². The third kappa shape index (κ3) is 5.25. The molecule has 1 N–H and O–H groups in total. The third-order valence-electron chi connectivity index (χ3n) is 6.58. The van der Waals surface area contributed by atoms with Crippen LogP contribution in [0.15, 0.2) is 24.3 Å². The van der Waals surface area contributed by atoms with E-state index in [-0.39, 0.29) is 29.4 Å². The molecular weight excluding hydrogens is 537 g/mol. The predicted molar refractivity (Wildman–Crippen MR) is 152 cm³/mol. The maximum absolute atomic E-state index is 14.6. The van der Waals surface area contributed by atoms with E-state index in [0.29, 0.717) is 34.9 Å². The first-order valence-corrected chi connectivity index (χ1v) is 13.7. The zero-order valence-electron chi connectivity index (χ0n) is 23.5. The molecule has 4 aromatic rings. The minimum Gasteiger partial charge on any atom is -0.473 e. The molecule has 1 aliphatic heterocycles. The van der Waals surface area contributed by atoms with Gasteiger partial charge in [0.1, 0.15) is 22.2 Å². The molecule has 1 saturated heterocycles. The van der Waals surface area contributed by atoms with Gasteiger partial charge in [-0.3, -0.25) is 9.69 Å². The Morgan fingerprint density at radius 1 is 1.10 bits per heavy atom. The van der Waals surface area contributed by atoms with Crippen molar-refractivity contribution >= 4 is 56.0 Å². The Morgan fingerprint density at radius 3 is 2.45 bits per heavy atom. The number of thiazole rings is 1. The van der Waals surface area contributed by atoms with Crippen LogP contribution in [0.2, 0.25) is 0 Å². The van der Waals surface area contributed by atoms with Crippen LogP contribution in [0.3, 0.4) is 0 Å². The summed E-state index contributed by atoms with van der Waals surface area (Å²) < 4.78 is 26.4. The second kappa shape index (κ2) is 10.2. The lowest BCUT2D eigenvalue weighted by atomic mass is 10.1. The Balaban J connectivity index is 1.44. The third-order valence-corrected chi connectivity index (χ3v) is 7.62. The van der Waals surface area contributed by atoms with Crippen molar-refractivity contribution in [3.63, 3.8) is 0 Å². The highest BCUT2D eigenvalue weighted by molar-refractivity contribution is 7.21. The van der Waals surface area contributed by atoms with E-state index in [0.717, 1.165) is 10.4 Å². The number of piperazine rings is 1. The Kier molecular flexibility index (Phi) is 7.02. The van der Waals surface area contributed by atoms with Gasteiger partial charge in [-0.2, -0.15) is 15.0 Å². The minimum absolute atomic E-state index is 0.114. The first-order valence-electron chi connectivity index (χ1n) is 12.9. The van der Waals surface area contributed by atoms with Crippen molar-refractivity contribution < 1.29 is 23.5 Å². The van der Waals surface area contributed by atoms with Crippen molar-refractivity contribution in [2.75, 3.05) is 30.4 Å². The van der Waals surface area contributed by atoms with E-state index in [1.54, 1.807) is 24.1 Å². The topological polar surface area (TPSA) is 115 Å². The van der Waals surface area contributed by atoms with E-state index in [2.05, 4.69) is 25.4 Å². The van der Waals surface area contributed by atoms with Gasteiger partial charge in [0.05, 0.1) is 35.1 Å². The average molecular weight is 570 g/mol. The minimum atomic E-state index is -0.582. The lowest BCUT2D eigenvalue weighted by Crippen LogP contribution is -2.59. The Hall–Kier alpha value is -4.00. The van der Waals surface area contributed by atoms with Crippen LogP contribution in [0.1, 0.15) is 45.0 Å². The van der Waals surface area contributed by atoms with Crippen LogP contribution >= 0.6 is 11.3 Å². The summed E-state index contributed by atoms with van der Waals surface area (Å²) in [6.45, 7) is 10.7. The number of methoxy groups -OCH3 is 1. The van der Waals surface area contributed by atoms with Crippen LogP contribution in [0, 0.1) is 5.82 Å². The molecule has 2 atom stereocenters. The normalized spacial score (nSPS) is 17.9. The molecule has 212 valence electrons. The van der Waals surface area contributed by atoms with Gasteiger partial charge in [0.25, 0.3) is 11.1 Å². The number of nitrogens with zero attached hydrogens (tertiary/aromatic N) is 6. The molecule has 0 spiro atoms. The molecule has 1 aliphatic rings.